The summed E-state index contributed by atoms with van der Waals surface area (Å²) in [4.78, 5) is 25.8. The quantitative estimate of drug-likeness (QED) is 0.539. The van der Waals surface area contributed by atoms with Crippen LogP contribution in [0.5, 0.6) is 0 Å². The summed E-state index contributed by atoms with van der Waals surface area (Å²) in [5.41, 5.74) is 1.68. The normalized spacial score (nSPS) is 14.2. The van der Waals surface area contributed by atoms with Gasteiger partial charge in [0.25, 0.3) is 0 Å². The molecule has 2 amide bonds. The van der Waals surface area contributed by atoms with Crippen LogP contribution >= 0.6 is 23.1 Å². The number of rotatable bonds is 7. The maximum Gasteiger partial charge on any atom is 0.244 e. The summed E-state index contributed by atoms with van der Waals surface area (Å²) in [6.07, 6.45) is 1.95. The first-order chi connectivity index (χ1) is 14.1. The van der Waals surface area contributed by atoms with Gasteiger partial charge in [0.15, 0.2) is 0 Å². The highest BCUT2D eigenvalue weighted by molar-refractivity contribution is 8.00. The Morgan fingerprint density at radius 1 is 1.03 bits per heavy atom. The minimum Gasteiger partial charge on any atom is -0.326 e. The number of nitrogens with one attached hydrogen (secondary N) is 2. The van der Waals surface area contributed by atoms with E-state index in [2.05, 4.69) is 20.8 Å². The molecule has 0 aliphatic heterocycles. The average molecular weight is 425 g/mol. The van der Waals surface area contributed by atoms with Crippen LogP contribution in [0, 0.1) is 12.8 Å². The van der Waals surface area contributed by atoms with Crippen LogP contribution in [0.4, 0.5) is 10.8 Å². The topological polar surface area (TPSA) is 84.0 Å². The van der Waals surface area contributed by atoms with Crippen molar-refractivity contribution in [3.63, 3.8) is 0 Å². The summed E-state index contributed by atoms with van der Waals surface area (Å²) in [7, 11) is 0. The maximum absolute atomic E-state index is 13.0. The molecule has 1 aliphatic rings. The Morgan fingerprint density at radius 2 is 1.76 bits per heavy atom. The van der Waals surface area contributed by atoms with Crippen LogP contribution in [0.1, 0.15) is 28.7 Å². The predicted octanol–water partition coefficient (Wildman–Crippen LogP) is 4.67. The van der Waals surface area contributed by atoms with Gasteiger partial charge in [0.2, 0.25) is 16.9 Å². The van der Waals surface area contributed by atoms with E-state index in [0.717, 1.165) is 34.0 Å². The Hall–Kier alpha value is -2.71. The lowest BCUT2D eigenvalue weighted by atomic mass is 10.1. The van der Waals surface area contributed by atoms with E-state index in [1.165, 1.54) is 23.1 Å². The summed E-state index contributed by atoms with van der Waals surface area (Å²) >= 11 is 2.80. The lowest BCUT2D eigenvalue weighted by molar-refractivity contribution is -0.117. The number of carbonyl (C=O) groups is 2. The van der Waals surface area contributed by atoms with Crippen LogP contribution in [-0.4, -0.2) is 22.0 Å². The SMILES string of the molecule is Cc1nnc(NC(=O)C(Sc2ccc(NC(=O)C3CC3)cc2)c2ccccc2)s1. The second kappa shape index (κ2) is 8.75. The third-order valence-electron chi connectivity index (χ3n) is 4.42. The summed E-state index contributed by atoms with van der Waals surface area (Å²) in [5.74, 6) is 0.0990. The molecule has 6 nitrogen and oxygen atoms in total. The number of thioether (sulfide) groups is 1. The fraction of sp³-hybridized carbons (Fsp3) is 0.238. The van der Waals surface area contributed by atoms with E-state index in [0.29, 0.717) is 5.13 Å². The fourth-order valence-corrected chi connectivity index (χ4v) is 4.38. The Balaban J connectivity index is 1.48. The maximum atomic E-state index is 13.0. The standard InChI is InChI=1S/C21H20N4O2S2/c1-13-24-25-21(28-13)23-20(27)18(14-5-3-2-4-6-14)29-17-11-9-16(10-12-17)22-19(26)15-7-8-15/h2-6,9-12,15,18H,7-8H2,1H3,(H,22,26)(H,23,25,27). The minimum atomic E-state index is -0.438. The molecule has 1 fully saturated rings. The molecule has 1 heterocycles. The summed E-state index contributed by atoms with van der Waals surface area (Å²) < 4.78 is 0. The zero-order valence-electron chi connectivity index (χ0n) is 15.8. The number of carbonyl (C=O) groups excluding carboxylic acids is 2. The van der Waals surface area contributed by atoms with E-state index in [4.69, 9.17) is 0 Å². The van der Waals surface area contributed by atoms with Crippen molar-refractivity contribution in [2.45, 2.75) is 29.9 Å². The van der Waals surface area contributed by atoms with Gasteiger partial charge >= 0.3 is 0 Å². The van der Waals surface area contributed by atoms with Gasteiger partial charge in [-0.2, -0.15) is 0 Å². The van der Waals surface area contributed by atoms with Gasteiger partial charge in [-0.1, -0.05) is 41.7 Å². The zero-order valence-corrected chi connectivity index (χ0v) is 17.4. The average Bonchev–Trinajstić information content (AvgIpc) is 3.51. The Kier molecular flexibility index (Phi) is 5.92. The highest BCUT2D eigenvalue weighted by atomic mass is 32.2. The van der Waals surface area contributed by atoms with Crippen LogP contribution in [0.25, 0.3) is 0 Å². The van der Waals surface area contributed by atoms with Crippen LogP contribution in [0.3, 0.4) is 0 Å². The Morgan fingerprint density at radius 3 is 2.38 bits per heavy atom. The molecule has 0 spiro atoms. The van der Waals surface area contributed by atoms with E-state index in [1.807, 2.05) is 61.5 Å². The molecule has 4 rings (SSSR count). The number of aryl methyl sites for hydroxylation is 1. The largest absolute Gasteiger partial charge is 0.326 e. The molecule has 0 radical (unpaired) electrons. The van der Waals surface area contributed by atoms with Crippen LogP contribution in [0.15, 0.2) is 59.5 Å². The number of anilines is 2. The van der Waals surface area contributed by atoms with Crippen molar-refractivity contribution in [2.75, 3.05) is 10.6 Å². The predicted molar refractivity (Wildman–Crippen MR) is 116 cm³/mol. The molecule has 2 N–H and O–H groups in total. The van der Waals surface area contributed by atoms with Gasteiger partial charge in [0.1, 0.15) is 10.3 Å². The first kappa shape index (κ1) is 19.6. The molecule has 3 aromatic rings. The van der Waals surface area contributed by atoms with Crippen molar-refractivity contribution in [3.05, 3.63) is 65.2 Å². The second-order valence-electron chi connectivity index (χ2n) is 6.81. The number of aromatic nitrogens is 2. The van der Waals surface area contributed by atoms with Crippen molar-refractivity contribution < 1.29 is 9.59 Å². The Bertz CT molecular complexity index is 1000. The molecule has 148 valence electrons. The van der Waals surface area contributed by atoms with E-state index < -0.39 is 5.25 Å². The Labute approximate surface area is 177 Å². The minimum absolute atomic E-state index is 0.0827. The van der Waals surface area contributed by atoms with Gasteiger partial charge in [-0.05, 0) is 49.6 Å². The van der Waals surface area contributed by atoms with Gasteiger partial charge in [-0.3, -0.25) is 14.9 Å². The van der Waals surface area contributed by atoms with Crippen LogP contribution < -0.4 is 10.6 Å². The highest BCUT2D eigenvalue weighted by Crippen LogP contribution is 2.37. The molecule has 29 heavy (non-hydrogen) atoms. The molecular weight excluding hydrogens is 404 g/mol. The first-order valence-corrected chi connectivity index (χ1v) is 11.0. The van der Waals surface area contributed by atoms with Gasteiger partial charge in [0.05, 0.1) is 0 Å². The highest BCUT2D eigenvalue weighted by Gasteiger charge is 2.29. The van der Waals surface area contributed by atoms with Crippen molar-refractivity contribution in [3.8, 4) is 0 Å². The third-order valence-corrected chi connectivity index (χ3v) is 6.44. The molecule has 2 aromatic carbocycles. The molecule has 1 unspecified atom stereocenters. The molecule has 1 saturated carbocycles. The second-order valence-corrected chi connectivity index (χ2v) is 9.17. The van der Waals surface area contributed by atoms with Crippen LogP contribution in [-0.2, 0) is 9.59 Å². The van der Waals surface area contributed by atoms with E-state index in [-0.39, 0.29) is 17.7 Å². The van der Waals surface area contributed by atoms with Gasteiger partial charge in [-0.15, -0.1) is 22.0 Å². The molecule has 0 saturated heterocycles. The van der Waals surface area contributed by atoms with Gasteiger partial charge < -0.3 is 5.32 Å². The zero-order chi connectivity index (χ0) is 20.2. The van der Waals surface area contributed by atoms with E-state index in [1.54, 1.807) is 0 Å². The monoisotopic (exact) mass is 424 g/mol. The van der Waals surface area contributed by atoms with Crippen molar-refractivity contribution in [2.24, 2.45) is 5.92 Å². The third kappa shape index (κ3) is 5.21. The molecule has 1 aromatic heterocycles. The number of amides is 2. The number of nitrogens with zero attached hydrogens (tertiary/aromatic N) is 2. The molecule has 8 heteroatoms. The van der Waals surface area contributed by atoms with E-state index in [9.17, 15) is 9.59 Å². The smallest absolute Gasteiger partial charge is 0.244 e. The fourth-order valence-electron chi connectivity index (χ4n) is 2.76. The molecular formula is C21H20N4O2S2. The van der Waals surface area contributed by atoms with Crippen molar-refractivity contribution in [1.82, 2.24) is 10.2 Å². The summed E-state index contributed by atoms with van der Waals surface area (Å²) in [5, 5.41) is 14.6. The summed E-state index contributed by atoms with van der Waals surface area (Å²) in [6.45, 7) is 1.85. The number of benzene rings is 2. The first-order valence-electron chi connectivity index (χ1n) is 9.32. The van der Waals surface area contributed by atoms with Gasteiger partial charge in [0, 0.05) is 16.5 Å². The molecule has 1 aliphatic carbocycles. The van der Waals surface area contributed by atoms with E-state index >= 15 is 0 Å². The summed E-state index contributed by atoms with van der Waals surface area (Å²) in [6, 6.07) is 17.2. The van der Waals surface area contributed by atoms with Crippen LogP contribution in [0.2, 0.25) is 0 Å². The number of hydrogen-bond acceptors (Lipinski definition) is 6. The molecule has 1 atom stereocenters. The number of hydrogen-bond donors (Lipinski definition) is 2. The molecule has 0 bridgehead atoms. The van der Waals surface area contributed by atoms with Gasteiger partial charge in [-0.25, -0.2) is 0 Å². The van der Waals surface area contributed by atoms with Crippen molar-refractivity contribution >= 4 is 45.7 Å². The lowest BCUT2D eigenvalue weighted by Gasteiger charge is -2.16. The lowest BCUT2D eigenvalue weighted by Crippen LogP contribution is -2.19. The van der Waals surface area contributed by atoms with Crippen molar-refractivity contribution in [1.29, 1.82) is 0 Å².